The Balaban J connectivity index is 0.000000217. The van der Waals surface area contributed by atoms with Gasteiger partial charge >= 0.3 is 12.1 Å². The third kappa shape index (κ3) is 3.74. The number of alkyl halides is 3. The molecule has 22 heavy (non-hydrogen) atoms. The number of carbonyl (C=O) groups excluding carboxylic acids is 2. The molecule has 3 fully saturated rings. The van der Waals surface area contributed by atoms with Gasteiger partial charge in [0.15, 0.2) is 0 Å². The summed E-state index contributed by atoms with van der Waals surface area (Å²) in [6, 6.07) is 0.985. The molecule has 3 aliphatic heterocycles. The van der Waals surface area contributed by atoms with Gasteiger partial charge in [-0.05, 0) is 12.8 Å². The van der Waals surface area contributed by atoms with Crippen molar-refractivity contribution in [2.24, 2.45) is 0 Å². The summed E-state index contributed by atoms with van der Waals surface area (Å²) in [5.74, 6) is -2.98. The molecule has 10 heteroatoms. The first-order valence-corrected chi connectivity index (χ1v) is 6.81. The number of piperidine rings is 1. The summed E-state index contributed by atoms with van der Waals surface area (Å²) in [7, 11) is 0. The van der Waals surface area contributed by atoms with Gasteiger partial charge in [0, 0.05) is 31.6 Å². The molecule has 3 N–H and O–H groups in total. The van der Waals surface area contributed by atoms with Crippen molar-refractivity contribution in [2.75, 3.05) is 13.1 Å². The molecular weight excluding hydrogens is 307 g/mol. The Hall–Kier alpha value is -1.68. The minimum absolute atomic E-state index is 0.0696. The fraction of sp³-hybridized carbons (Fsp3) is 0.750. The maximum atomic E-state index is 11.7. The zero-order valence-corrected chi connectivity index (χ0v) is 11.5. The topological polar surface area (TPSA) is 98.7 Å². The van der Waals surface area contributed by atoms with Crippen LogP contribution in [0.1, 0.15) is 19.3 Å². The second kappa shape index (κ2) is 6.21. The van der Waals surface area contributed by atoms with E-state index in [0.29, 0.717) is 24.9 Å². The Labute approximate surface area is 123 Å². The van der Waals surface area contributed by atoms with Gasteiger partial charge in [-0.2, -0.15) is 13.2 Å². The number of fused-ring (bicyclic) bond motifs is 2. The number of piperazine rings is 1. The SMILES string of the molecule is O=C(O)C(F)(F)F.O=C1CCC(N2C[C@H]3C[C@@H]2CN3)C(=O)N1. The summed E-state index contributed by atoms with van der Waals surface area (Å²) in [6.07, 6.45) is -2.76. The smallest absolute Gasteiger partial charge is 0.475 e. The van der Waals surface area contributed by atoms with Crippen LogP contribution in [-0.4, -0.2) is 65.2 Å². The first-order valence-electron chi connectivity index (χ1n) is 6.81. The molecule has 3 rings (SSSR count). The Morgan fingerprint density at radius 2 is 1.95 bits per heavy atom. The normalized spacial score (nSPS) is 31.5. The quantitative estimate of drug-likeness (QED) is 0.561. The monoisotopic (exact) mass is 323 g/mol. The second-order valence-corrected chi connectivity index (χ2v) is 5.46. The summed E-state index contributed by atoms with van der Waals surface area (Å²) >= 11 is 0. The van der Waals surface area contributed by atoms with Crippen LogP contribution in [0.25, 0.3) is 0 Å². The molecule has 3 saturated heterocycles. The lowest BCUT2D eigenvalue weighted by atomic mass is 10.0. The van der Waals surface area contributed by atoms with Gasteiger partial charge in [-0.1, -0.05) is 0 Å². The average Bonchev–Trinajstić information content (AvgIpc) is 3.00. The number of hydrogen-bond acceptors (Lipinski definition) is 5. The van der Waals surface area contributed by atoms with Crippen molar-refractivity contribution in [3.8, 4) is 0 Å². The van der Waals surface area contributed by atoms with Crippen LogP contribution < -0.4 is 10.6 Å². The highest BCUT2D eigenvalue weighted by molar-refractivity contribution is 6.00. The number of amides is 2. The molecule has 2 bridgehead atoms. The number of likely N-dealkylation sites (tertiary alicyclic amines) is 1. The average molecular weight is 323 g/mol. The molecule has 3 aliphatic rings. The molecule has 0 spiro atoms. The molecule has 0 aromatic rings. The van der Waals surface area contributed by atoms with Gasteiger partial charge in [0.25, 0.3) is 0 Å². The zero-order valence-electron chi connectivity index (χ0n) is 11.5. The van der Waals surface area contributed by atoms with E-state index in [4.69, 9.17) is 9.90 Å². The number of imide groups is 1. The fourth-order valence-electron chi connectivity index (χ4n) is 2.97. The van der Waals surface area contributed by atoms with E-state index in [2.05, 4.69) is 15.5 Å². The van der Waals surface area contributed by atoms with Crippen LogP contribution in [0.15, 0.2) is 0 Å². The van der Waals surface area contributed by atoms with Gasteiger partial charge in [-0.25, -0.2) is 4.79 Å². The maximum absolute atomic E-state index is 11.7. The molecule has 3 heterocycles. The highest BCUT2D eigenvalue weighted by atomic mass is 19.4. The molecule has 0 radical (unpaired) electrons. The van der Waals surface area contributed by atoms with Crippen LogP contribution in [0.3, 0.4) is 0 Å². The minimum atomic E-state index is -5.08. The highest BCUT2D eigenvalue weighted by Gasteiger charge is 2.44. The molecule has 3 atom stereocenters. The van der Waals surface area contributed by atoms with Crippen molar-refractivity contribution in [3.63, 3.8) is 0 Å². The van der Waals surface area contributed by atoms with Crippen LogP contribution in [0.5, 0.6) is 0 Å². The van der Waals surface area contributed by atoms with Crippen LogP contribution in [-0.2, 0) is 14.4 Å². The second-order valence-electron chi connectivity index (χ2n) is 5.46. The number of aliphatic carboxylic acids is 1. The third-order valence-corrected chi connectivity index (χ3v) is 3.95. The molecule has 2 amide bonds. The number of carboxylic acid groups (broad SMARTS) is 1. The van der Waals surface area contributed by atoms with E-state index >= 15 is 0 Å². The number of rotatable bonds is 1. The predicted octanol–water partition coefficient (Wildman–Crippen LogP) is -0.529. The number of nitrogens with zero attached hydrogens (tertiary/aromatic N) is 1. The highest BCUT2D eigenvalue weighted by Crippen LogP contribution is 2.27. The molecule has 7 nitrogen and oxygen atoms in total. The Kier molecular flexibility index (Phi) is 4.71. The molecule has 0 saturated carbocycles. The number of carbonyl (C=O) groups is 3. The van der Waals surface area contributed by atoms with Gasteiger partial charge in [0.2, 0.25) is 11.8 Å². The third-order valence-electron chi connectivity index (χ3n) is 3.95. The lowest BCUT2D eigenvalue weighted by Gasteiger charge is -2.35. The molecular formula is C12H16F3N3O4. The molecule has 0 aromatic carbocycles. The van der Waals surface area contributed by atoms with Crippen molar-refractivity contribution in [1.29, 1.82) is 0 Å². The van der Waals surface area contributed by atoms with Gasteiger partial charge in [-0.15, -0.1) is 0 Å². The van der Waals surface area contributed by atoms with Gasteiger partial charge in [0.05, 0.1) is 6.04 Å². The Morgan fingerprint density at radius 3 is 2.36 bits per heavy atom. The van der Waals surface area contributed by atoms with Crippen molar-refractivity contribution in [1.82, 2.24) is 15.5 Å². The first kappa shape index (κ1) is 16.7. The van der Waals surface area contributed by atoms with Crippen molar-refractivity contribution in [2.45, 2.75) is 43.6 Å². The van der Waals surface area contributed by atoms with Crippen LogP contribution in [0.2, 0.25) is 0 Å². The zero-order chi connectivity index (χ0) is 16.5. The van der Waals surface area contributed by atoms with Crippen LogP contribution in [0, 0.1) is 0 Å². The molecule has 0 aromatic heterocycles. The molecule has 1 unspecified atom stereocenters. The van der Waals surface area contributed by atoms with E-state index in [1.807, 2.05) is 0 Å². The summed E-state index contributed by atoms with van der Waals surface area (Å²) in [5.41, 5.74) is 0. The van der Waals surface area contributed by atoms with Crippen molar-refractivity contribution in [3.05, 3.63) is 0 Å². The van der Waals surface area contributed by atoms with Gasteiger partial charge in [0.1, 0.15) is 0 Å². The van der Waals surface area contributed by atoms with Crippen LogP contribution in [0.4, 0.5) is 13.2 Å². The largest absolute Gasteiger partial charge is 0.490 e. The number of carboxylic acids is 1. The summed E-state index contributed by atoms with van der Waals surface area (Å²) < 4.78 is 31.7. The fourth-order valence-corrected chi connectivity index (χ4v) is 2.97. The summed E-state index contributed by atoms with van der Waals surface area (Å²) in [4.78, 5) is 33.9. The van der Waals surface area contributed by atoms with Gasteiger partial charge < -0.3 is 10.4 Å². The number of nitrogens with one attached hydrogen (secondary N) is 2. The van der Waals surface area contributed by atoms with Crippen molar-refractivity contribution < 1.29 is 32.7 Å². The van der Waals surface area contributed by atoms with Crippen molar-refractivity contribution >= 4 is 17.8 Å². The Bertz CT molecular complexity index is 483. The number of halogens is 3. The van der Waals surface area contributed by atoms with E-state index in [9.17, 15) is 22.8 Å². The number of hydrogen-bond donors (Lipinski definition) is 3. The standard InChI is InChI=1S/C10H15N3O2.C2HF3O2/c14-9-2-1-8(10(15)12-9)13-5-6-3-7(13)4-11-6;3-2(4,5)1(6)7/h6-8,11H,1-5H2,(H,12,14,15);(H,6,7)/t6-,7-,8?;/m1./s1. The molecule has 124 valence electrons. The lowest BCUT2D eigenvalue weighted by molar-refractivity contribution is -0.192. The van der Waals surface area contributed by atoms with E-state index < -0.39 is 12.1 Å². The van der Waals surface area contributed by atoms with E-state index in [1.165, 1.54) is 0 Å². The summed E-state index contributed by atoms with van der Waals surface area (Å²) in [6.45, 7) is 1.94. The van der Waals surface area contributed by atoms with Crippen LogP contribution >= 0.6 is 0 Å². The summed E-state index contributed by atoms with van der Waals surface area (Å²) in [5, 5.41) is 13.0. The van der Waals surface area contributed by atoms with E-state index in [-0.39, 0.29) is 17.9 Å². The predicted molar refractivity (Wildman–Crippen MR) is 66.8 cm³/mol. The minimum Gasteiger partial charge on any atom is -0.475 e. The first-order chi connectivity index (χ1) is 10.2. The lowest BCUT2D eigenvalue weighted by Crippen LogP contribution is -2.57. The van der Waals surface area contributed by atoms with Gasteiger partial charge in [-0.3, -0.25) is 19.8 Å². The van der Waals surface area contributed by atoms with E-state index in [0.717, 1.165) is 19.5 Å². The van der Waals surface area contributed by atoms with E-state index in [1.54, 1.807) is 0 Å². The Morgan fingerprint density at radius 1 is 1.32 bits per heavy atom. The molecule has 0 aliphatic carbocycles. The maximum Gasteiger partial charge on any atom is 0.490 e.